The molecule has 1 aliphatic carbocycles. The lowest BCUT2D eigenvalue weighted by Gasteiger charge is -2.35. The zero-order valence-electron chi connectivity index (χ0n) is 12.1. The molecule has 122 valence electrons. The number of carbonyl (C=O) groups excluding carboxylic acids is 1. The Balaban J connectivity index is 2.09. The Labute approximate surface area is 121 Å². The molecule has 1 unspecified atom stereocenters. The molecule has 2 N–H and O–H groups in total. The quantitative estimate of drug-likeness (QED) is 0.677. The summed E-state index contributed by atoms with van der Waals surface area (Å²) < 4.78 is 45.2. The van der Waals surface area contributed by atoms with Gasteiger partial charge in [0.05, 0.1) is 12.7 Å². The maximum Gasteiger partial charge on any atom is 0.345 e. The van der Waals surface area contributed by atoms with Crippen molar-refractivity contribution < 1.29 is 27.4 Å². The minimum absolute atomic E-state index is 0.141. The van der Waals surface area contributed by atoms with Crippen molar-refractivity contribution in [3.63, 3.8) is 0 Å². The standard InChI is InChI=1S/C13H21F3N2O3/c1-8(3-4-20-9(2)14)7-17-13(19)18-10-5-11(6-10)21-12(15)16/h3,9-12H,4-7H2,1-2H3,(H2,17,18,19)/b8-3+. The molecule has 0 saturated heterocycles. The van der Waals surface area contributed by atoms with Crippen LogP contribution in [-0.2, 0) is 9.47 Å². The second-order valence-electron chi connectivity index (χ2n) is 4.94. The number of ether oxygens (including phenoxy) is 2. The van der Waals surface area contributed by atoms with Crippen LogP contribution in [0.3, 0.4) is 0 Å². The third-order valence-electron chi connectivity index (χ3n) is 3.01. The monoisotopic (exact) mass is 310 g/mol. The third kappa shape index (κ3) is 7.91. The van der Waals surface area contributed by atoms with Crippen molar-refractivity contribution in [1.29, 1.82) is 0 Å². The minimum atomic E-state index is -2.77. The molecule has 1 rings (SSSR count). The molecule has 0 aromatic heterocycles. The van der Waals surface area contributed by atoms with Crippen LogP contribution in [0, 0.1) is 0 Å². The molecule has 1 saturated carbocycles. The number of halogens is 3. The van der Waals surface area contributed by atoms with Crippen molar-refractivity contribution >= 4 is 6.03 Å². The Hall–Kier alpha value is -1.28. The summed E-state index contributed by atoms with van der Waals surface area (Å²) >= 11 is 0. The number of carbonyl (C=O) groups is 1. The van der Waals surface area contributed by atoms with Crippen LogP contribution in [0.4, 0.5) is 18.0 Å². The van der Waals surface area contributed by atoms with Gasteiger partial charge in [0.15, 0.2) is 6.36 Å². The van der Waals surface area contributed by atoms with E-state index < -0.39 is 19.1 Å². The number of rotatable bonds is 8. The van der Waals surface area contributed by atoms with Crippen LogP contribution in [0.1, 0.15) is 26.7 Å². The van der Waals surface area contributed by atoms with E-state index in [4.69, 9.17) is 4.74 Å². The maximum atomic E-state index is 12.4. The number of hydrogen-bond donors (Lipinski definition) is 2. The van der Waals surface area contributed by atoms with Gasteiger partial charge in [-0.05, 0) is 26.7 Å². The number of amides is 2. The summed E-state index contributed by atoms with van der Waals surface area (Å²) in [6.45, 7) is 0.745. The summed E-state index contributed by atoms with van der Waals surface area (Å²) in [6.07, 6.45) is 0.625. The molecular formula is C13H21F3N2O3. The zero-order chi connectivity index (χ0) is 15.8. The van der Waals surface area contributed by atoms with Gasteiger partial charge in [0.1, 0.15) is 0 Å². The fourth-order valence-corrected chi connectivity index (χ4v) is 1.79. The molecular weight excluding hydrogens is 289 g/mol. The van der Waals surface area contributed by atoms with E-state index in [0.717, 1.165) is 5.57 Å². The fourth-order valence-electron chi connectivity index (χ4n) is 1.79. The fraction of sp³-hybridized carbons (Fsp3) is 0.769. The smallest absolute Gasteiger partial charge is 0.344 e. The molecule has 1 atom stereocenters. The van der Waals surface area contributed by atoms with Crippen LogP contribution in [-0.4, -0.2) is 44.3 Å². The SMILES string of the molecule is C/C(=C\COC(C)F)CNC(=O)NC1CC(OC(F)F)C1. The van der Waals surface area contributed by atoms with E-state index in [0.29, 0.717) is 19.4 Å². The van der Waals surface area contributed by atoms with Gasteiger partial charge in [0, 0.05) is 12.6 Å². The predicted octanol–water partition coefficient (Wildman–Crippen LogP) is 2.33. The first kappa shape index (κ1) is 17.8. The highest BCUT2D eigenvalue weighted by Gasteiger charge is 2.32. The molecule has 1 aliphatic rings. The minimum Gasteiger partial charge on any atom is -0.344 e. The average Bonchev–Trinajstić information content (AvgIpc) is 2.32. The molecule has 0 aromatic rings. The van der Waals surface area contributed by atoms with Gasteiger partial charge in [-0.15, -0.1) is 0 Å². The molecule has 0 spiro atoms. The Bertz CT molecular complexity index is 359. The molecule has 0 bridgehead atoms. The first-order valence-corrected chi connectivity index (χ1v) is 6.76. The molecule has 8 heteroatoms. The number of hydrogen-bond acceptors (Lipinski definition) is 3. The van der Waals surface area contributed by atoms with Crippen LogP contribution < -0.4 is 10.6 Å². The number of nitrogens with one attached hydrogen (secondary N) is 2. The van der Waals surface area contributed by atoms with Crippen LogP contribution in [0.5, 0.6) is 0 Å². The van der Waals surface area contributed by atoms with E-state index >= 15 is 0 Å². The number of alkyl halides is 3. The van der Waals surface area contributed by atoms with E-state index in [9.17, 15) is 18.0 Å². The molecule has 0 heterocycles. The molecule has 5 nitrogen and oxygen atoms in total. The Morgan fingerprint density at radius 1 is 1.38 bits per heavy atom. The first-order chi connectivity index (χ1) is 9.86. The van der Waals surface area contributed by atoms with E-state index in [1.165, 1.54) is 6.92 Å². The van der Waals surface area contributed by atoms with Gasteiger partial charge in [0.2, 0.25) is 0 Å². The molecule has 0 aromatic carbocycles. The summed E-state index contributed by atoms with van der Waals surface area (Å²) in [5.74, 6) is 0. The lowest BCUT2D eigenvalue weighted by Crippen LogP contribution is -2.51. The highest BCUT2D eigenvalue weighted by Crippen LogP contribution is 2.24. The average molecular weight is 310 g/mol. The van der Waals surface area contributed by atoms with Gasteiger partial charge >= 0.3 is 12.6 Å². The zero-order valence-corrected chi connectivity index (χ0v) is 12.1. The van der Waals surface area contributed by atoms with Gasteiger partial charge < -0.3 is 20.1 Å². The second-order valence-corrected chi connectivity index (χ2v) is 4.94. The molecule has 1 fully saturated rings. The van der Waals surface area contributed by atoms with Crippen LogP contribution in [0.15, 0.2) is 11.6 Å². The second kappa shape index (κ2) is 8.89. The van der Waals surface area contributed by atoms with E-state index in [1.54, 1.807) is 13.0 Å². The van der Waals surface area contributed by atoms with Gasteiger partial charge in [-0.2, -0.15) is 8.78 Å². The maximum absolute atomic E-state index is 12.4. The molecule has 0 radical (unpaired) electrons. The summed E-state index contributed by atoms with van der Waals surface area (Å²) in [4.78, 5) is 11.5. The first-order valence-electron chi connectivity index (χ1n) is 6.76. The predicted molar refractivity (Wildman–Crippen MR) is 70.7 cm³/mol. The van der Waals surface area contributed by atoms with E-state index in [2.05, 4.69) is 15.4 Å². The summed E-state index contributed by atoms with van der Waals surface area (Å²) in [6, 6.07) is -0.517. The highest BCUT2D eigenvalue weighted by molar-refractivity contribution is 5.74. The Morgan fingerprint density at radius 2 is 2.05 bits per heavy atom. The van der Waals surface area contributed by atoms with Gasteiger partial charge in [-0.3, -0.25) is 0 Å². The number of urea groups is 1. The van der Waals surface area contributed by atoms with E-state index in [1.807, 2.05) is 0 Å². The van der Waals surface area contributed by atoms with Crippen molar-refractivity contribution in [3.05, 3.63) is 11.6 Å². The van der Waals surface area contributed by atoms with Crippen molar-refractivity contribution in [1.82, 2.24) is 10.6 Å². The Morgan fingerprint density at radius 3 is 2.62 bits per heavy atom. The topological polar surface area (TPSA) is 59.6 Å². The summed E-state index contributed by atoms with van der Waals surface area (Å²) in [7, 11) is 0. The van der Waals surface area contributed by atoms with Crippen molar-refractivity contribution in [3.8, 4) is 0 Å². The Kier molecular flexibility index (Phi) is 7.52. The lowest BCUT2D eigenvalue weighted by molar-refractivity contribution is -0.184. The van der Waals surface area contributed by atoms with Crippen LogP contribution in [0.2, 0.25) is 0 Å². The molecule has 21 heavy (non-hydrogen) atoms. The summed E-state index contributed by atoms with van der Waals surface area (Å²) in [5, 5.41) is 5.27. The van der Waals surface area contributed by atoms with Crippen molar-refractivity contribution in [2.45, 2.75) is 51.8 Å². The van der Waals surface area contributed by atoms with Crippen molar-refractivity contribution in [2.24, 2.45) is 0 Å². The molecule has 2 amide bonds. The summed E-state index contributed by atoms with van der Waals surface area (Å²) in [5.41, 5.74) is 0.832. The van der Waals surface area contributed by atoms with E-state index in [-0.39, 0.29) is 18.7 Å². The highest BCUT2D eigenvalue weighted by atomic mass is 19.3. The van der Waals surface area contributed by atoms with Gasteiger partial charge in [-0.25, -0.2) is 9.18 Å². The lowest BCUT2D eigenvalue weighted by atomic mass is 9.89. The normalized spacial score (nSPS) is 23.6. The van der Waals surface area contributed by atoms with Crippen LogP contribution >= 0.6 is 0 Å². The van der Waals surface area contributed by atoms with Crippen LogP contribution in [0.25, 0.3) is 0 Å². The molecule has 0 aliphatic heterocycles. The third-order valence-corrected chi connectivity index (χ3v) is 3.01. The van der Waals surface area contributed by atoms with Gasteiger partial charge in [0.25, 0.3) is 0 Å². The largest absolute Gasteiger partial charge is 0.345 e. The van der Waals surface area contributed by atoms with Crippen molar-refractivity contribution in [2.75, 3.05) is 13.2 Å². The van der Waals surface area contributed by atoms with Gasteiger partial charge in [-0.1, -0.05) is 11.6 Å².